The van der Waals surface area contributed by atoms with E-state index in [2.05, 4.69) is 24.0 Å². The highest BCUT2D eigenvalue weighted by Gasteiger charge is 2.18. The molecular weight excluding hydrogens is 296 g/mol. The first-order valence-electron chi connectivity index (χ1n) is 9.59. The number of likely N-dealkylation sites (tertiary alicyclic amines) is 1. The molecule has 0 atom stereocenters. The predicted molar refractivity (Wildman–Crippen MR) is 102 cm³/mol. The number of hydrogen-bond donors (Lipinski definition) is 0. The van der Waals surface area contributed by atoms with E-state index < -0.39 is 0 Å². The Labute approximate surface area is 145 Å². The van der Waals surface area contributed by atoms with Crippen LogP contribution in [0.5, 0.6) is 0 Å². The maximum atomic E-state index is 12.2. The Bertz CT molecular complexity index is 698. The lowest BCUT2D eigenvalue weighted by atomic mass is 9.91. The molecule has 24 heavy (non-hydrogen) atoms. The number of unbranched alkanes of at least 4 members (excludes halogenated alkanes) is 1. The van der Waals surface area contributed by atoms with Crippen LogP contribution in [0.2, 0.25) is 0 Å². The molecule has 1 fully saturated rings. The molecule has 0 radical (unpaired) electrons. The Hall–Kier alpha value is -1.61. The van der Waals surface area contributed by atoms with Crippen LogP contribution in [-0.2, 0) is 6.54 Å². The zero-order chi connectivity index (χ0) is 16.8. The van der Waals surface area contributed by atoms with E-state index in [1.54, 1.807) is 6.07 Å². The van der Waals surface area contributed by atoms with Crippen LogP contribution in [0.4, 0.5) is 0 Å². The van der Waals surface area contributed by atoms with Crippen molar-refractivity contribution in [1.29, 1.82) is 0 Å². The second-order valence-corrected chi connectivity index (χ2v) is 7.16. The molecule has 0 amide bonds. The van der Waals surface area contributed by atoms with Gasteiger partial charge in [-0.1, -0.05) is 44.4 Å². The summed E-state index contributed by atoms with van der Waals surface area (Å²) in [5.74, 6) is 0.946. The van der Waals surface area contributed by atoms with E-state index in [-0.39, 0.29) is 5.56 Å². The normalized spacial score (nSPS) is 16.7. The van der Waals surface area contributed by atoms with Gasteiger partial charge in [-0.25, -0.2) is 0 Å². The van der Waals surface area contributed by atoms with Crippen LogP contribution in [0.1, 0.15) is 45.4 Å². The van der Waals surface area contributed by atoms with Gasteiger partial charge in [0.2, 0.25) is 0 Å². The maximum absolute atomic E-state index is 12.2. The minimum Gasteiger partial charge on any atom is -0.308 e. The first-order valence-corrected chi connectivity index (χ1v) is 9.59. The fraction of sp³-hybridized carbons (Fsp3) is 0.571. The molecule has 1 aliphatic rings. The van der Waals surface area contributed by atoms with Gasteiger partial charge in [-0.2, -0.15) is 0 Å². The number of benzene rings is 1. The van der Waals surface area contributed by atoms with Crippen LogP contribution in [0, 0.1) is 5.92 Å². The van der Waals surface area contributed by atoms with Crippen LogP contribution in [0.3, 0.4) is 0 Å². The summed E-state index contributed by atoms with van der Waals surface area (Å²) >= 11 is 0. The molecule has 0 unspecified atom stereocenters. The zero-order valence-electron chi connectivity index (χ0n) is 14.9. The Kier molecular flexibility index (Phi) is 6.08. The van der Waals surface area contributed by atoms with Gasteiger partial charge in [-0.05, 0) is 62.3 Å². The first kappa shape index (κ1) is 17.2. The molecule has 0 N–H and O–H groups in total. The van der Waals surface area contributed by atoms with Crippen LogP contribution in [-0.4, -0.2) is 29.1 Å². The number of aromatic nitrogens is 1. The van der Waals surface area contributed by atoms with Crippen molar-refractivity contribution >= 4 is 10.9 Å². The van der Waals surface area contributed by atoms with Crippen LogP contribution in [0.15, 0.2) is 41.2 Å². The van der Waals surface area contributed by atoms with Gasteiger partial charge in [0.1, 0.15) is 0 Å². The SMILES string of the molecule is CCCCC1CCN(CCCn2c(=O)ccc3ccccc32)CC1. The quantitative estimate of drug-likeness (QED) is 0.758. The fourth-order valence-electron chi connectivity index (χ4n) is 3.92. The molecule has 1 aliphatic heterocycles. The van der Waals surface area contributed by atoms with Gasteiger partial charge >= 0.3 is 0 Å². The lowest BCUT2D eigenvalue weighted by Crippen LogP contribution is -2.35. The van der Waals surface area contributed by atoms with Crippen molar-refractivity contribution in [2.24, 2.45) is 5.92 Å². The van der Waals surface area contributed by atoms with Crippen molar-refractivity contribution in [3.8, 4) is 0 Å². The van der Waals surface area contributed by atoms with Gasteiger partial charge < -0.3 is 9.47 Å². The molecule has 0 bridgehead atoms. The number of para-hydroxylation sites is 1. The van der Waals surface area contributed by atoms with E-state index in [0.717, 1.165) is 36.3 Å². The number of nitrogens with zero attached hydrogens (tertiary/aromatic N) is 2. The topological polar surface area (TPSA) is 25.2 Å². The average molecular weight is 326 g/mol. The predicted octanol–water partition coefficient (Wildman–Crippen LogP) is 4.29. The summed E-state index contributed by atoms with van der Waals surface area (Å²) in [6.07, 6.45) is 7.88. The smallest absolute Gasteiger partial charge is 0.251 e. The zero-order valence-corrected chi connectivity index (χ0v) is 14.9. The van der Waals surface area contributed by atoms with Gasteiger partial charge in [-0.15, -0.1) is 0 Å². The molecule has 0 spiro atoms. The summed E-state index contributed by atoms with van der Waals surface area (Å²) in [6, 6.07) is 11.8. The summed E-state index contributed by atoms with van der Waals surface area (Å²) in [7, 11) is 0. The number of hydrogen-bond acceptors (Lipinski definition) is 2. The van der Waals surface area contributed by atoms with E-state index >= 15 is 0 Å². The van der Waals surface area contributed by atoms with Gasteiger partial charge in [0.15, 0.2) is 0 Å². The third kappa shape index (κ3) is 4.27. The standard InChI is InChI=1S/C21H30N2O/c1-2-3-7-18-12-16-22(17-13-18)14-6-15-23-20-9-5-4-8-19(20)10-11-21(23)24/h4-5,8-11,18H,2-3,6-7,12-17H2,1H3. The minimum absolute atomic E-state index is 0.118. The van der Waals surface area contributed by atoms with Crippen LogP contribution in [0.25, 0.3) is 10.9 Å². The maximum Gasteiger partial charge on any atom is 0.251 e. The van der Waals surface area contributed by atoms with E-state index in [1.165, 1.54) is 45.2 Å². The molecule has 3 nitrogen and oxygen atoms in total. The Balaban J connectivity index is 1.51. The Morgan fingerprint density at radius 3 is 2.58 bits per heavy atom. The van der Waals surface area contributed by atoms with Crippen molar-refractivity contribution in [2.75, 3.05) is 19.6 Å². The minimum atomic E-state index is 0.118. The average Bonchev–Trinajstić information content (AvgIpc) is 2.63. The van der Waals surface area contributed by atoms with Crippen molar-refractivity contribution in [2.45, 2.75) is 52.0 Å². The number of fused-ring (bicyclic) bond motifs is 1. The first-order chi connectivity index (χ1) is 11.8. The van der Waals surface area contributed by atoms with E-state index in [1.807, 2.05) is 22.8 Å². The summed E-state index contributed by atoms with van der Waals surface area (Å²) in [5, 5.41) is 1.15. The van der Waals surface area contributed by atoms with Gasteiger partial charge in [0, 0.05) is 12.6 Å². The van der Waals surface area contributed by atoms with Crippen molar-refractivity contribution < 1.29 is 0 Å². The van der Waals surface area contributed by atoms with E-state index in [0.29, 0.717) is 0 Å². The van der Waals surface area contributed by atoms with Gasteiger partial charge in [0.25, 0.3) is 5.56 Å². The summed E-state index contributed by atoms with van der Waals surface area (Å²) in [4.78, 5) is 14.8. The highest BCUT2D eigenvalue weighted by atomic mass is 16.1. The number of aryl methyl sites for hydroxylation is 1. The number of rotatable bonds is 7. The fourth-order valence-corrected chi connectivity index (χ4v) is 3.92. The third-order valence-electron chi connectivity index (χ3n) is 5.43. The monoisotopic (exact) mass is 326 g/mol. The molecule has 2 heterocycles. The summed E-state index contributed by atoms with van der Waals surface area (Å²) in [5.41, 5.74) is 1.18. The third-order valence-corrected chi connectivity index (χ3v) is 5.43. The van der Waals surface area contributed by atoms with Crippen molar-refractivity contribution in [3.05, 3.63) is 46.8 Å². The number of pyridine rings is 1. The van der Waals surface area contributed by atoms with Crippen LogP contribution >= 0.6 is 0 Å². The molecule has 1 saturated heterocycles. The second-order valence-electron chi connectivity index (χ2n) is 7.16. The largest absolute Gasteiger partial charge is 0.308 e. The van der Waals surface area contributed by atoms with Crippen LogP contribution < -0.4 is 5.56 Å². The Morgan fingerprint density at radius 1 is 1.00 bits per heavy atom. The van der Waals surface area contributed by atoms with E-state index in [4.69, 9.17) is 0 Å². The lowest BCUT2D eigenvalue weighted by Gasteiger charge is -2.32. The molecule has 2 aromatic rings. The molecule has 1 aromatic heterocycles. The summed E-state index contributed by atoms with van der Waals surface area (Å²) < 4.78 is 1.93. The summed E-state index contributed by atoms with van der Waals surface area (Å²) in [6.45, 7) is 6.67. The molecular formula is C21H30N2O. The molecule has 1 aromatic carbocycles. The highest BCUT2D eigenvalue weighted by Crippen LogP contribution is 2.22. The van der Waals surface area contributed by atoms with Crippen molar-refractivity contribution in [1.82, 2.24) is 9.47 Å². The van der Waals surface area contributed by atoms with Crippen molar-refractivity contribution in [3.63, 3.8) is 0 Å². The van der Waals surface area contributed by atoms with E-state index in [9.17, 15) is 4.79 Å². The Morgan fingerprint density at radius 2 is 1.79 bits per heavy atom. The molecule has 130 valence electrons. The second kappa shape index (κ2) is 8.48. The van der Waals surface area contributed by atoms with Gasteiger partial charge in [-0.3, -0.25) is 4.79 Å². The molecule has 0 aliphatic carbocycles. The lowest BCUT2D eigenvalue weighted by molar-refractivity contribution is 0.174. The molecule has 0 saturated carbocycles. The molecule has 3 heteroatoms. The van der Waals surface area contributed by atoms with Gasteiger partial charge in [0.05, 0.1) is 5.52 Å². The number of piperidine rings is 1. The molecule has 3 rings (SSSR count). The highest BCUT2D eigenvalue weighted by molar-refractivity contribution is 5.78.